The Morgan fingerprint density at radius 2 is 1.72 bits per heavy atom. The number of H-pyrrole nitrogens is 1. The van der Waals surface area contributed by atoms with Gasteiger partial charge in [-0.15, -0.1) is 0 Å². The highest BCUT2D eigenvalue weighted by atomic mass is 32.2. The SMILES string of the molecule is CCCOc1ccc(S(=O)(=O)N2C[C@H](CCO[N+](C)=O)N(C)[C@@H](CCO[N+](=O)O)C2)cc1-c1nc2c(CCC)cn(CC)c2c(=O)[nH]1. The predicted molar refractivity (Wildman–Crippen MR) is 171 cm³/mol. The zero-order valence-electron chi connectivity index (χ0n) is 27.5. The summed E-state index contributed by atoms with van der Waals surface area (Å²) in [5, 5.41) is 8.24. The lowest BCUT2D eigenvalue weighted by molar-refractivity contribution is -0.975. The predicted octanol–water partition coefficient (Wildman–Crippen LogP) is 3.05. The maximum atomic E-state index is 14.3. The van der Waals surface area contributed by atoms with E-state index in [1.165, 1.54) is 23.5 Å². The molecule has 47 heavy (non-hydrogen) atoms. The highest BCUT2D eigenvalue weighted by molar-refractivity contribution is 7.89. The summed E-state index contributed by atoms with van der Waals surface area (Å²) in [5.41, 5.74) is 1.97. The Hall–Kier alpha value is -4.09. The Balaban J connectivity index is 1.76. The van der Waals surface area contributed by atoms with Gasteiger partial charge in [0.15, 0.2) is 13.2 Å². The number of likely N-dealkylation sites (N-methyl/N-ethyl adjacent to an activating group) is 1. The lowest BCUT2D eigenvalue weighted by Crippen LogP contribution is -2.58. The second-order valence-corrected chi connectivity index (χ2v) is 13.5. The molecule has 1 aromatic carbocycles. The van der Waals surface area contributed by atoms with Gasteiger partial charge in [0.25, 0.3) is 5.56 Å². The van der Waals surface area contributed by atoms with Gasteiger partial charge in [0.2, 0.25) is 22.0 Å². The number of aromatic nitrogens is 3. The number of benzene rings is 1. The number of rotatable bonds is 17. The molecule has 0 saturated carbocycles. The van der Waals surface area contributed by atoms with Gasteiger partial charge in [0, 0.05) is 50.8 Å². The third-order valence-corrected chi connectivity index (χ3v) is 10.1. The van der Waals surface area contributed by atoms with Gasteiger partial charge in [0.1, 0.15) is 22.0 Å². The number of sulfonamides is 1. The molecule has 2 aromatic heterocycles. The quantitative estimate of drug-likeness (QED) is 0.200. The Kier molecular flexibility index (Phi) is 11.9. The third-order valence-electron chi connectivity index (χ3n) is 8.32. The summed E-state index contributed by atoms with van der Waals surface area (Å²) >= 11 is 0. The fourth-order valence-electron chi connectivity index (χ4n) is 5.91. The highest BCUT2D eigenvalue weighted by Gasteiger charge is 2.39. The van der Waals surface area contributed by atoms with E-state index in [1.807, 2.05) is 36.6 Å². The Morgan fingerprint density at radius 1 is 1.04 bits per heavy atom. The summed E-state index contributed by atoms with van der Waals surface area (Å²) in [6, 6.07) is 3.79. The van der Waals surface area contributed by atoms with Crippen LogP contribution in [0.4, 0.5) is 0 Å². The number of hydrogen-bond acceptors (Lipinski definition) is 10. The first-order valence-electron chi connectivity index (χ1n) is 15.8. The van der Waals surface area contributed by atoms with Gasteiger partial charge in [-0.1, -0.05) is 20.3 Å². The number of aromatic amines is 1. The molecule has 0 aliphatic carbocycles. The lowest BCUT2D eigenvalue weighted by Gasteiger charge is -2.44. The van der Waals surface area contributed by atoms with E-state index >= 15 is 0 Å². The smallest absolute Gasteiger partial charge is 0.475 e. The van der Waals surface area contributed by atoms with Crippen LogP contribution in [0, 0.1) is 9.81 Å². The first-order valence-corrected chi connectivity index (χ1v) is 17.3. The van der Waals surface area contributed by atoms with Crippen LogP contribution in [0.2, 0.25) is 0 Å². The van der Waals surface area contributed by atoms with Crippen molar-refractivity contribution in [1.82, 2.24) is 23.7 Å². The standard InChI is InChI=1S/C30H44N7O9S/c1-6-9-21-18-35(8-3)28-27(21)31-29(32-30(28)38)25-17-24(10-11-26(25)44-14-7-2)47(42,43)36-19-22(12-15-45-34(5)39)33(4)23(20-36)13-16-46-37(40)41/h10-11,17-18,22-23H,6-9,12-16,19-20H2,1-5H3,(H-,31,32,38,40,41)/q+1/p+1/t22-,23-/m0/s1. The van der Waals surface area contributed by atoms with Crippen molar-refractivity contribution in [1.29, 1.82) is 0 Å². The molecule has 2 N–H and O–H groups in total. The molecule has 2 atom stereocenters. The number of ether oxygens (including phenoxy) is 1. The summed E-state index contributed by atoms with van der Waals surface area (Å²) in [4.78, 5) is 55.3. The Morgan fingerprint density at radius 3 is 2.32 bits per heavy atom. The molecule has 1 fully saturated rings. The van der Waals surface area contributed by atoms with E-state index in [0.29, 0.717) is 53.3 Å². The molecule has 0 unspecified atom stereocenters. The number of hydrogen-bond donors (Lipinski definition) is 2. The zero-order chi connectivity index (χ0) is 34.3. The first-order chi connectivity index (χ1) is 22.4. The normalized spacial score (nSPS) is 17.6. The summed E-state index contributed by atoms with van der Waals surface area (Å²) in [6.45, 7) is 7.01. The van der Waals surface area contributed by atoms with Gasteiger partial charge in [-0.05, 0) is 50.6 Å². The first kappa shape index (κ1) is 35.8. The van der Waals surface area contributed by atoms with Crippen molar-refractivity contribution in [3.8, 4) is 17.1 Å². The second kappa shape index (κ2) is 15.7. The van der Waals surface area contributed by atoms with Crippen LogP contribution < -0.4 is 10.3 Å². The maximum absolute atomic E-state index is 14.3. The molecule has 0 amide bonds. The molecular weight excluding hydrogens is 634 g/mol. The van der Waals surface area contributed by atoms with E-state index < -0.39 is 15.1 Å². The molecule has 1 saturated heterocycles. The van der Waals surface area contributed by atoms with Crippen molar-refractivity contribution >= 4 is 21.1 Å². The van der Waals surface area contributed by atoms with Crippen molar-refractivity contribution in [2.75, 3.05) is 47.0 Å². The maximum Gasteiger partial charge on any atom is 0.475 e. The fraction of sp³-hybridized carbons (Fsp3) is 0.600. The summed E-state index contributed by atoms with van der Waals surface area (Å²) in [6.07, 6.45) is 4.82. The largest absolute Gasteiger partial charge is 0.493 e. The zero-order valence-corrected chi connectivity index (χ0v) is 28.4. The van der Waals surface area contributed by atoms with E-state index in [-0.39, 0.29) is 61.1 Å². The summed E-state index contributed by atoms with van der Waals surface area (Å²) in [7, 11) is -1.07. The average Bonchev–Trinajstić information content (AvgIpc) is 3.39. The van der Waals surface area contributed by atoms with Crippen LogP contribution in [0.25, 0.3) is 22.4 Å². The van der Waals surface area contributed by atoms with E-state index in [9.17, 15) is 23.0 Å². The molecule has 3 heterocycles. The van der Waals surface area contributed by atoms with Gasteiger partial charge in [-0.2, -0.15) is 9.14 Å². The van der Waals surface area contributed by atoms with Crippen molar-refractivity contribution in [2.45, 2.75) is 76.4 Å². The molecule has 0 bridgehead atoms. The van der Waals surface area contributed by atoms with E-state index in [4.69, 9.17) is 19.8 Å². The van der Waals surface area contributed by atoms with Crippen LogP contribution in [0.5, 0.6) is 5.75 Å². The van der Waals surface area contributed by atoms with Gasteiger partial charge in [-0.3, -0.25) is 9.69 Å². The molecule has 17 heteroatoms. The van der Waals surface area contributed by atoms with Crippen molar-refractivity contribution in [3.05, 3.63) is 50.1 Å². The van der Waals surface area contributed by atoms with Crippen molar-refractivity contribution in [3.63, 3.8) is 0 Å². The summed E-state index contributed by atoms with van der Waals surface area (Å²) < 4.78 is 37.8. The van der Waals surface area contributed by atoms with Crippen LogP contribution >= 0.6 is 0 Å². The van der Waals surface area contributed by atoms with Crippen LogP contribution in [0.1, 0.15) is 52.0 Å². The molecule has 1 aliphatic rings. The molecule has 3 aromatic rings. The summed E-state index contributed by atoms with van der Waals surface area (Å²) in [5.74, 6) is 0.588. The minimum absolute atomic E-state index is 0.0195. The van der Waals surface area contributed by atoms with Gasteiger partial charge in [0.05, 0.1) is 27.5 Å². The monoisotopic (exact) mass is 679 g/mol. The molecule has 0 spiro atoms. The minimum atomic E-state index is -4.12. The van der Waals surface area contributed by atoms with Crippen LogP contribution in [-0.2, 0) is 32.7 Å². The molecule has 258 valence electrons. The number of piperazine rings is 1. The highest BCUT2D eigenvalue weighted by Crippen LogP contribution is 2.34. The number of aryl methyl sites for hydroxylation is 2. The van der Waals surface area contributed by atoms with E-state index in [0.717, 1.165) is 18.4 Å². The number of nitrogens with zero attached hydrogens (tertiary/aromatic N) is 6. The minimum Gasteiger partial charge on any atom is -0.493 e. The van der Waals surface area contributed by atoms with Gasteiger partial charge >= 0.3 is 5.09 Å². The van der Waals surface area contributed by atoms with E-state index in [2.05, 4.69) is 16.7 Å². The van der Waals surface area contributed by atoms with E-state index in [1.54, 1.807) is 6.07 Å². The molecule has 0 radical (unpaired) electrons. The molecule has 4 rings (SSSR count). The third kappa shape index (κ3) is 8.26. The lowest BCUT2D eigenvalue weighted by atomic mass is 10.0. The Bertz CT molecular complexity index is 1710. The van der Waals surface area contributed by atoms with Crippen molar-refractivity contribution < 1.29 is 38.0 Å². The van der Waals surface area contributed by atoms with Crippen molar-refractivity contribution in [2.24, 2.45) is 0 Å². The van der Waals surface area contributed by atoms with Gasteiger partial charge < -0.3 is 14.3 Å². The van der Waals surface area contributed by atoms with Crippen LogP contribution in [0.15, 0.2) is 34.1 Å². The van der Waals surface area contributed by atoms with Gasteiger partial charge in [-0.25, -0.2) is 23.4 Å². The molecular formula is C30H45N7O9S+2. The average molecular weight is 680 g/mol. The molecule has 16 nitrogen and oxygen atoms in total. The topological polar surface area (TPSA) is 179 Å². The number of nitrogens with one attached hydrogen (secondary N) is 1. The fourth-order valence-corrected chi connectivity index (χ4v) is 7.45. The second-order valence-electron chi connectivity index (χ2n) is 11.5. The van der Waals surface area contributed by atoms with Crippen LogP contribution in [0.3, 0.4) is 0 Å². The molecule has 1 aliphatic heterocycles. The Labute approximate surface area is 273 Å². The van der Waals surface area contributed by atoms with Crippen LogP contribution in [-0.4, -0.2) is 106 Å². The number of fused-ring (bicyclic) bond motifs is 1.